The first-order valence-corrected chi connectivity index (χ1v) is 3.89. The van der Waals surface area contributed by atoms with Gasteiger partial charge in [-0.2, -0.15) is 13.2 Å². The van der Waals surface area contributed by atoms with Gasteiger partial charge in [-0.05, 0) is 23.8 Å². The van der Waals surface area contributed by atoms with E-state index in [1.54, 1.807) is 0 Å². The molecule has 0 amide bonds. The maximum atomic E-state index is 12.2. The molecule has 0 heterocycles. The summed E-state index contributed by atoms with van der Waals surface area (Å²) in [6.45, 7) is 0. The largest absolute Gasteiger partial charge is 0.478 e. The number of carbonyl (C=O) groups is 1. The van der Waals surface area contributed by atoms with Crippen LogP contribution in [0.25, 0.3) is 6.08 Å². The second-order valence-corrected chi connectivity index (χ2v) is 2.70. The van der Waals surface area contributed by atoms with Crippen molar-refractivity contribution in [2.75, 3.05) is 0 Å². The van der Waals surface area contributed by atoms with Crippen molar-refractivity contribution in [2.24, 2.45) is 0 Å². The molecule has 0 fully saturated rings. The van der Waals surface area contributed by atoms with Crippen LogP contribution in [0, 0.1) is 0 Å². The third-order valence-electron chi connectivity index (χ3n) is 1.57. The van der Waals surface area contributed by atoms with Gasteiger partial charge in [0.2, 0.25) is 0 Å². The molecule has 1 aromatic carbocycles. The third kappa shape index (κ3) is 3.46. The zero-order chi connectivity index (χ0) is 12.3. The SMILES string of the molecule is [2H]c1cc(C(F)(F)F)ccc1C=CC(=O)O. The molecule has 80 valence electrons. The second-order valence-electron chi connectivity index (χ2n) is 2.70. The fraction of sp³-hybridized carbons (Fsp3) is 0.100. The lowest BCUT2D eigenvalue weighted by atomic mass is 10.1. The Kier molecular flexibility index (Phi) is 2.71. The van der Waals surface area contributed by atoms with E-state index in [2.05, 4.69) is 0 Å². The van der Waals surface area contributed by atoms with Crippen molar-refractivity contribution in [2.45, 2.75) is 6.18 Å². The van der Waals surface area contributed by atoms with Crippen LogP contribution in [0.2, 0.25) is 0 Å². The van der Waals surface area contributed by atoms with Crippen molar-refractivity contribution in [3.05, 3.63) is 41.4 Å². The molecule has 1 N–H and O–H groups in total. The van der Waals surface area contributed by atoms with Crippen molar-refractivity contribution in [3.63, 3.8) is 0 Å². The first kappa shape index (κ1) is 9.76. The summed E-state index contributed by atoms with van der Waals surface area (Å²) in [5.74, 6) is -1.22. The molecule has 0 aliphatic rings. The maximum absolute atomic E-state index is 12.2. The molecule has 1 rings (SSSR count). The number of hydrogen-bond acceptors (Lipinski definition) is 1. The summed E-state index contributed by atoms with van der Waals surface area (Å²) >= 11 is 0. The Morgan fingerprint density at radius 3 is 2.53 bits per heavy atom. The fourth-order valence-corrected chi connectivity index (χ4v) is 0.878. The summed E-state index contributed by atoms with van der Waals surface area (Å²) in [6.07, 6.45) is -2.66. The van der Waals surface area contributed by atoms with Crippen LogP contribution < -0.4 is 0 Å². The molecular formula is C10H7F3O2. The fourth-order valence-electron chi connectivity index (χ4n) is 0.878. The smallest absolute Gasteiger partial charge is 0.416 e. The highest BCUT2D eigenvalue weighted by molar-refractivity contribution is 5.85. The highest BCUT2D eigenvalue weighted by atomic mass is 19.4. The van der Waals surface area contributed by atoms with Crippen molar-refractivity contribution in [3.8, 4) is 0 Å². The van der Waals surface area contributed by atoms with E-state index >= 15 is 0 Å². The van der Waals surface area contributed by atoms with E-state index in [1.807, 2.05) is 0 Å². The van der Waals surface area contributed by atoms with Gasteiger partial charge in [0.05, 0.1) is 6.93 Å². The summed E-state index contributed by atoms with van der Waals surface area (Å²) < 4.78 is 43.9. The lowest BCUT2D eigenvalue weighted by Gasteiger charge is -2.05. The van der Waals surface area contributed by atoms with Crippen LogP contribution in [-0.4, -0.2) is 11.1 Å². The van der Waals surface area contributed by atoms with Gasteiger partial charge < -0.3 is 5.11 Å². The van der Waals surface area contributed by atoms with Crippen molar-refractivity contribution >= 4 is 12.0 Å². The molecule has 0 atom stereocenters. The van der Waals surface area contributed by atoms with E-state index < -0.39 is 17.7 Å². The van der Waals surface area contributed by atoms with E-state index in [1.165, 1.54) is 0 Å². The average Bonchev–Trinajstić information content (AvgIpc) is 2.14. The number of carboxylic acid groups (broad SMARTS) is 1. The van der Waals surface area contributed by atoms with Gasteiger partial charge in [-0.25, -0.2) is 4.79 Å². The Morgan fingerprint density at radius 1 is 1.40 bits per heavy atom. The Bertz CT molecular complexity index is 438. The number of aliphatic carboxylic acids is 1. The Balaban J connectivity index is 3.05. The van der Waals surface area contributed by atoms with Crippen molar-refractivity contribution in [1.29, 1.82) is 0 Å². The number of carboxylic acids is 1. The summed E-state index contributed by atoms with van der Waals surface area (Å²) in [7, 11) is 0. The molecule has 0 radical (unpaired) electrons. The van der Waals surface area contributed by atoms with Crippen LogP contribution in [0.1, 0.15) is 12.5 Å². The first-order chi connectivity index (χ1) is 7.30. The van der Waals surface area contributed by atoms with Gasteiger partial charge in [-0.1, -0.05) is 12.1 Å². The standard InChI is InChI=1S/C10H7F3O2/c11-10(12,13)8-4-1-7(2-5-8)3-6-9(14)15/h1-6H,(H,14,15)/i1D. The summed E-state index contributed by atoms with van der Waals surface area (Å²) in [5.41, 5.74) is -0.805. The molecule has 0 saturated heterocycles. The van der Waals surface area contributed by atoms with Gasteiger partial charge in [-0.15, -0.1) is 0 Å². The lowest BCUT2D eigenvalue weighted by molar-refractivity contribution is -0.137. The number of benzene rings is 1. The zero-order valence-electron chi connectivity index (χ0n) is 8.38. The van der Waals surface area contributed by atoms with Crippen molar-refractivity contribution in [1.82, 2.24) is 0 Å². The molecular weight excluding hydrogens is 209 g/mol. The molecule has 0 unspecified atom stereocenters. The molecule has 15 heavy (non-hydrogen) atoms. The molecule has 0 aliphatic carbocycles. The third-order valence-corrected chi connectivity index (χ3v) is 1.57. The van der Waals surface area contributed by atoms with Crippen LogP contribution in [0.4, 0.5) is 13.2 Å². The topological polar surface area (TPSA) is 37.3 Å². The normalized spacial score (nSPS) is 12.9. The maximum Gasteiger partial charge on any atom is 0.416 e. The lowest BCUT2D eigenvalue weighted by Crippen LogP contribution is -2.03. The molecule has 0 aromatic heterocycles. The highest BCUT2D eigenvalue weighted by Gasteiger charge is 2.29. The van der Waals surface area contributed by atoms with Gasteiger partial charge >= 0.3 is 12.1 Å². The molecule has 0 aliphatic heterocycles. The van der Waals surface area contributed by atoms with Gasteiger partial charge in [0.15, 0.2) is 0 Å². The number of hydrogen-bond donors (Lipinski definition) is 1. The minimum Gasteiger partial charge on any atom is -0.478 e. The number of alkyl halides is 3. The Morgan fingerprint density at radius 2 is 2.07 bits per heavy atom. The monoisotopic (exact) mass is 217 g/mol. The molecule has 0 bridgehead atoms. The quantitative estimate of drug-likeness (QED) is 0.773. The summed E-state index contributed by atoms with van der Waals surface area (Å²) in [4.78, 5) is 10.2. The summed E-state index contributed by atoms with van der Waals surface area (Å²) in [6, 6.07) is 2.15. The molecule has 2 nitrogen and oxygen atoms in total. The summed E-state index contributed by atoms with van der Waals surface area (Å²) in [5, 5.41) is 8.32. The zero-order valence-corrected chi connectivity index (χ0v) is 7.38. The van der Waals surface area contributed by atoms with Crippen LogP contribution in [0.15, 0.2) is 30.3 Å². The van der Waals surface area contributed by atoms with Gasteiger partial charge in [-0.3, -0.25) is 0 Å². The van der Waals surface area contributed by atoms with Gasteiger partial charge in [0.1, 0.15) is 0 Å². The van der Waals surface area contributed by atoms with Crippen LogP contribution >= 0.6 is 0 Å². The highest BCUT2D eigenvalue weighted by Crippen LogP contribution is 2.29. The molecule has 0 spiro atoms. The minimum absolute atomic E-state index is 0.121. The van der Waals surface area contributed by atoms with E-state index in [9.17, 15) is 18.0 Å². The number of rotatable bonds is 2. The predicted molar refractivity (Wildman–Crippen MR) is 48.1 cm³/mol. The van der Waals surface area contributed by atoms with Gasteiger partial charge in [0, 0.05) is 6.08 Å². The van der Waals surface area contributed by atoms with E-state index in [0.29, 0.717) is 6.07 Å². The van der Waals surface area contributed by atoms with Crippen LogP contribution in [-0.2, 0) is 11.0 Å². The number of halogens is 3. The van der Waals surface area contributed by atoms with Crippen molar-refractivity contribution < 1.29 is 24.4 Å². The van der Waals surface area contributed by atoms with Crippen LogP contribution in [0.5, 0.6) is 0 Å². The predicted octanol–water partition coefficient (Wildman–Crippen LogP) is 2.80. The average molecular weight is 217 g/mol. The Hall–Kier alpha value is -1.78. The molecule has 1 aromatic rings. The minimum atomic E-state index is -4.50. The van der Waals surface area contributed by atoms with E-state index in [4.69, 9.17) is 6.48 Å². The Labute approximate surface area is 85.1 Å². The van der Waals surface area contributed by atoms with E-state index in [0.717, 1.165) is 24.3 Å². The molecule has 0 saturated carbocycles. The second kappa shape index (κ2) is 4.16. The molecule has 5 heteroatoms. The van der Waals surface area contributed by atoms with E-state index in [-0.39, 0.29) is 11.6 Å². The van der Waals surface area contributed by atoms with Gasteiger partial charge in [0.25, 0.3) is 0 Å². The first-order valence-electron chi connectivity index (χ1n) is 4.39. The van der Waals surface area contributed by atoms with Crippen LogP contribution in [0.3, 0.4) is 0 Å².